The number of thioether (sulfide) groups is 1. The van der Waals surface area contributed by atoms with E-state index in [1.54, 1.807) is 11.8 Å². The van der Waals surface area contributed by atoms with Crippen LogP contribution in [-0.4, -0.2) is 15.2 Å². The number of aromatic nitrogens is 2. The second-order valence-corrected chi connectivity index (χ2v) is 6.15. The van der Waals surface area contributed by atoms with Crippen LogP contribution in [0.15, 0.2) is 41.8 Å². The van der Waals surface area contributed by atoms with Gasteiger partial charge in [0.25, 0.3) is 0 Å². The van der Waals surface area contributed by atoms with Gasteiger partial charge >= 0.3 is 0 Å². The highest BCUT2D eigenvalue weighted by Gasteiger charge is 2.17. The van der Waals surface area contributed by atoms with Gasteiger partial charge in [-0.15, -0.1) is 0 Å². The SMILES string of the molecule is Cc1ccc(C(N)C(C)Sc2ncc(C)cn2)cc1. The predicted octanol–water partition coefficient (Wildman–Crippen LogP) is 3.27. The molecule has 1 aromatic carbocycles. The molecule has 0 saturated heterocycles. The highest BCUT2D eigenvalue weighted by atomic mass is 32.2. The van der Waals surface area contributed by atoms with E-state index < -0.39 is 0 Å². The zero-order valence-corrected chi connectivity index (χ0v) is 12.3. The van der Waals surface area contributed by atoms with Gasteiger partial charge in [-0.3, -0.25) is 0 Å². The van der Waals surface area contributed by atoms with Crippen molar-refractivity contribution in [1.82, 2.24) is 9.97 Å². The molecule has 0 saturated carbocycles. The van der Waals surface area contributed by atoms with E-state index in [9.17, 15) is 0 Å². The molecule has 4 heteroatoms. The largest absolute Gasteiger partial charge is 0.323 e. The van der Waals surface area contributed by atoms with Crippen LogP contribution in [0.25, 0.3) is 0 Å². The average Bonchev–Trinajstić information content (AvgIpc) is 2.41. The molecule has 100 valence electrons. The Labute approximate surface area is 118 Å². The van der Waals surface area contributed by atoms with Crippen molar-refractivity contribution in [1.29, 1.82) is 0 Å². The van der Waals surface area contributed by atoms with Crippen molar-refractivity contribution in [2.45, 2.75) is 37.2 Å². The van der Waals surface area contributed by atoms with Gasteiger partial charge in [0.15, 0.2) is 5.16 Å². The molecule has 1 heterocycles. The van der Waals surface area contributed by atoms with Crippen molar-refractivity contribution in [3.8, 4) is 0 Å². The standard InChI is InChI=1S/C15H19N3S/c1-10-4-6-13(7-5-10)14(16)12(3)19-15-17-8-11(2)9-18-15/h4-9,12,14H,16H2,1-3H3. The summed E-state index contributed by atoms with van der Waals surface area (Å²) in [6.07, 6.45) is 3.67. The molecule has 0 radical (unpaired) electrons. The van der Waals surface area contributed by atoms with Gasteiger partial charge in [0.05, 0.1) is 0 Å². The maximum atomic E-state index is 6.29. The van der Waals surface area contributed by atoms with Crippen molar-refractivity contribution >= 4 is 11.8 Å². The van der Waals surface area contributed by atoms with Crippen LogP contribution in [0, 0.1) is 13.8 Å². The average molecular weight is 273 g/mol. The number of benzene rings is 1. The first-order chi connectivity index (χ1) is 9.06. The molecular weight excluding hydrogens is 254 g/mol. The van der Waals surface area contributed by atoms with Gasteiger partial charge in [0, 0.05) is 23.7 Å². The Kier molecular flexibility index (Phi) is 4.56. The molecule has 2 aromatic rings. The minimum absolute atomic E-state index is 0.0181. The highest BCUT2D eigenvalue weighted by molar-refractivity contribution is 7.99. The van der Waals surface area contributed by atoms with Gasteiger partial charge in [-0.25, -0.2) is 9.97 Å². The normalized spacial score (nSPS) is 14.1. The monoisotopic (exact) mass is 273 g/mol. The molecule has 19 heavy (non-hydrogen) atoms. The lowest BCUT2D eigenvalue weighted by molar-refractivity contribution is 0.711. The van der Waals surface area contributed by atoms with E-state index in [-0.39, 0.29) is 11.3 Å². The molecule has 3 nitrogen and oxygen atoms in total. The number of nitrogens with zero attached hydrogens (tertiary/aromatic N) is 2. The smallest absolute Gasteiger partial charge is 0.187 e. The molecule has 0 amide bonds. The first-order valence-electron chi connectivity index (χ1n) is 6.33. The molecule has 0 bridgehead atoms. The third kappa shape index (κ3) is 3.78. The predicted molar refractivity (Wildman–Crippen MR) is 80.2 cm³/mol. The summed E-state index contributed by atoms with van der Waals surface area (Å²) in [5.41, 5.74) is 9.76. The molecule has 1 aromatic heterocycles. The van der Waals surface area contributed by atoms with Crippen molar-refractivity contribution in [2.24, 2.45) is 5.73 Å². The molecule has 0 fully saturated rings. The second-order valence-electron chi connectivity index (χ2n) is 4.80. The van der Waals surface area contributed by atoms with Crippen molar-refractivity contribution in [3.63, 3.8) is 0 Å². The summed E-state index contributed by atoms with van der Waals surface area (Å²) in [7, 11) is 0. The van der Waals surface area contributed by atoms with Crippen molar-refractivity contribution in [3.05, 3.63) is 53.3 Å². The summed E-state index contributed by atoms with van der Waals surface area (Å²) in [4.78, 5) is 8.61. The summed E-state index contributed by atoms with van der Waals surface area (Å²) in [5, 5.41) is 1.01. The minimum Gasteiger partial charge on any atom is -0.323 e. The summed E-state index contributed by atoms with van der Waals surface area (Å²) < 4.78 is 0. The summed E-state index contributed by atoms with van der Waals surface area (Å²) in [5.74, 6) is 0. The number of hydrogen-bond acceptors (Lipinski definition) is 4. The van der Waals surface area contributed by atoms with Gasteiger partial charge in [0.2, 0.25) is 0 Å². The lowest BCUT2D eigenvalue weighted by atomic mass is 10.0. The van der Waals surface area contributed by atoms with Crippen LogP contribution in [0.2, 0.25) is 0 Å². The second kappa shape index (κ2) is 6.17. The van der Waals surface area contributed by atoms with Gasteiger partial charge in [0.1, 0.15) is 0 Å². The van der Waals surface area contributed by atoms with Crippen LogP contribution >= 0.6 is 11.8 Å². The lowest BCUT2D eigenvalue weighted by Gasteiger charge is -2.19. The van der Waals surface area contributed by atoms with Crippen LogP contribution in [0.4, 0.5) is 0 Å². The number of nitrogens with two attached hydrogens (primary N) is 1. The zero-order chi connectivity index (χ0) is 13.8. The first kappa shape index (κ1) is 14.0. The number of hydrogen-bond donors (Lipinski definition) is 1. The van der Waals surface area contributed by atoms with Crippen molar-refractivity contribution in [2.75, 3.05) is 0 Å². The Morgan fingerprint density at radius 2 is 1.58 bits per heavy atom. The van der Waals surface area contributed by atoms with Crippen LogP contribution in [0.3, 0.4) is 0 Å². The van der Waals surface area contributed by atoms with E-state index in [1.807, 2.05) is 19.3 Å². The zero-order valence-electron chi connectivity index (χ0n) is 11.5. The first-order valence-corrected chi connectivity index (χ1v) is 7.21. The van der Waals surface area contributed by atoms with Crippen LogP contribution in [0.1, 0.15) is 29.7 Å². The molecule has 2 rings (SSSR count). The third-order valence-electron chi connectivity index (χ3n) is 3.02. The minimum atomic E-state index is -0.0181. The Bertz CT molecular complexity index is 522. The van der Waals surface area contributed by atoms with E-state index in [1.165, 1.54) is 5.56 Å². The Balaban J connectivity index is 2.04. The maximum absolute atomic E-state index is 6.29. The van der Waals surface area contributed by atoms with Gasteiger partial charge < -0.3 is 5.73 Å². The van der Waals surface area contributed by atoms with Gasteiger partial charge in [-0.05, 0) is 25.0 Å². The molecule has 0 spiro atoms. The van der Waals surface area contributed by atoms with E-state index in [2.05, 4.69) is 48.1 Å². The Morgan fingerprint density at radius 1 is 1.00 bits per heavy atom. The molecule has 2 atom stereocenters. The molecular formula is C15H19N3S. The molecule has 2 N–H and O–H groups in total. The van der Waals surface area contributed by atoms with Crippen LogP contribution in [0.5, 0.6) is 0 Å². The third-order valence-corrected chi connectivity index (χ3v) is 4.10. The molecule has 0 aliphatic heterocycles. The molecule has 2 unspecified atom stereocenters. The Morgan fingerprint density at radius 3 is 2.16 bits per heavy atom. The molecule has 0 aliphatic rings. The van der Waals surface area contributed by atoms with Crippen LogP contribution < -0.4 is 5.73 Å². The fourth-order valence-electron chi connectivity index (χ4n) is 1.74. The van der Waals surface area contributed by atoms with Gasteiger partial charge in [-0.2, -0.15) is 0 Å². The fourth-order valence-corrected chi connectivity index (χ4v) is 2.60. The summed E-state index contributed by atoms with van der Waals surface area (Å²) >= 11 is 1.61. The quantitative estimate of drug-likeness (QED) is 0.686. The summed E-state index contributed by atoms with van der Waals surface area (Å²) in [6.45, 7) is 6.17. The summed E-state index contributed by atoms with van der Waals surface area (Å²) in [6, 6.07) is 8.35. The number of rotatable bonds is 4. The van der Waals surface area contributed by atoms with Gasteiger partial charge in [-0.1, -0.05) is 48.5 Å². The topological polar surface area (TPSA) is 51.8 Å². The Hall–Kier alpha value is -1.39. The highest BCUT2D eigenvalue weighted by Crippen LogP contribution is 2.28. The van der Waals surface area contributed by atoms with Crippen LogP contribution in [-0.2, 0) is 0 Å². The lowest BCUT2D eigenvalue weighted by Crippen LogP contribution is -2.21. The maximum Gasteiger partial charge on any atom is 0.187 e. The van der Waals surface area contributed by atoms with E-state index in [4.69, 9.17) is 5.73 Å². The van der Waals surface area contributed by atoms with E-state index in [0.29, 0.717) is 0 Å². The van der Waals surface area contributed by atoms with Crippen molar-refractivity contribution < 1.29 is 0 Å². The number of aryl methyl sites for hydroxylation is 2. The molecule has 0 aliphatic carbocycles. The van der Waals surface area contributed by atoms with E-state index in [0.717, 1.165) is 16.3 Å². The van der Waals surface area contributed by atoms with E-state index >= 15 is 0 Å². The fraction of sp³-hybridized carbons (Fsp3) is 0.333.